The number of ether oxygens (including phenoxy) is 1. The van der Waals surface area contributed by atoms with Gasteiger partial charge in [-0.2, -0.15) is 0 Å². The molecule has 0 fully saturated rings. The van der Waals surface area contributed by atoms with Gasteiger partial charge in [-0.25, -0.2) is 12.8 Å². The summed E-state index contributed by atoms with van der Waals surface area (Å²) in [5.74, 6) is -0.507. The zero-order valence-electron chi connectivity index (χ0n) is 13.3. The highest BCUT2D eigenvalue weighted by atomic mass is 32.2. The van der Waals surface area contributed by atoms with Crippen LogP contribution in [0.25, 0.3) is 0 Å². The molecule has 0 aliphatic carbocycles. The number of nitrogens with zero attached hydrogens (tertiary/aromatic N) is 2. The van der Waals surface area contributed by atoms with Gasteiger partial charge in [-0.3, -0.25) is 14.4 Å². The van der Waals surface area contributed by atoms with E-state index in [1.807, 2.05) is 0 Å². The summed E-state index contributed by atoms with van der Waals surface area (Å²) < 4.78 is 46.2. The standard InChI is InChI=1S/C16H15FN2O5S/c1-24-12-7-8-15(14(10-12)19(20)21)25(22,23)18-9-3-5-11-4-2-6-13(17)16(11)18/h2,4,6-8,10H,3,5,9H2,1H3. The molecule has 2 aromatic carbocycles. The lowest BCUT2D eigenvalue weighted by Gasteiger charge is -2.30. The van der Waals surface area contributed by atoms with Crippen molar-refractivity contribution in [3.8, 4) is 5.75 Å². The lowest BCUT2D eigenvalue weighted by molar-refractivity contribution is -0.387. The van der Waals surface area contributed by atoms with Crippen molar-refractivity contribution in [1.82, 2.24) is 0 Å². The highest BCUT2D eigenvalue weighted by molar-refractivity contribution is 7.93. The van der Waals surface area contributed by atoms with E-state index in [0.29, 0.717) is 18.4 Å². The van der Waals surface area contributed by atoms with E-state index in [2.05, 4.69) is 0 Å². The molecule has 1 heterocycles. The maximum Gasteiger partial charge on any atom is 0.293 e. The van der Waals surface area contributed by atoms with Gasteiger partial charge in [-0.1, -0.05) is 12.1 Å². The first kappa shape index (κ1) is 17.2. The number of aryl methyl sites for hydroxylation is 1. The van der Waals surface area contributed by atoms with Crippen LogP contribution in [0.1, 0.15) is 12.0 Å². The van der Waals surface area contributed by atoms with Crippen molar-refractivity contribution >= 4 is 21.4 Å². The Hall–Kier alpha value is -2.68. The molecule has 0 atom stereocenters. The number of para-hydroxylation sites is 1. The molecular formula is C16H15FN2O5S. The molecular weight excluding hydrogens is 351 g/mol. The van der Waals surface area contributed by atoms with Gasteiger partial charge in [0.1, 0.15) is 11.6 Å². The normalized spacial score (nSPS) is 14.1. The van der Waals surface area contributed by atoms with Gasteiger partial charge in [-0.15, -0.1) is 0 Å². The minimum Gasteiger partial charge on any atom is -0.497 e. The van der Waals surface area contributed by atoms with Gasteiger partial charge in [0.05, 0.1) is 23.8 Å². The van der Waals surface area contributed by atoms with Gasteiger partial charge < -0.3 is 4.74 Å². The van der Waals surface area contributed by atoms with Gasteiger partial charge in [0.15, 0.2) is 4.90 Å². The minimum absolute atomic E-state index is 0.0427. The third-order valence-corrected chi connectivity index (χ3v) is 5.90. The smallest absolute Gasteiger partial charge is 0.293 e. The van der Waals surface area contributed by atoms with Gasteiger partial charge in [0.2, 0.25) is 0 Å². The molecule has 0 aromatic heterocycles. The number of nitro groups is 1. The molecule has 0 saturated heterocycles. The molecule has 3 rings (SSSR count). The maximum atomic E-state index is 14.3. The van der Waals surface area contributed by atoms with Crippen LogP contribution in [0, 0.1) is 15.9 Å². The summed E-state index contributed by atoms with van der Waals surface area (Å²) in [6, 6.07) is 7.82. The first-order valence-electron chi connectivity index (χ1n) is 7.49. The Morgan fingerprint density at radius 1 is 1.28 bits per heavy atom. The summed E-state index contributed by atoms with van der Waals surface area (Å²) in [4.78, 5) is 10.0. The van der Waals surface area contributed by atoms with E-state index in [0.717, 1.165) is 16.4 Å². The van der Waals surface area contributed by atoms with Crippen molar-refractivity contribution in [1.29, 1.82) is 0 Å². The van der Waals surface area contributed by atoms with E-state index in [1.54, 1.807) is 6.07 Å². The Labute approximate surface area is 143 Å². The summed E-state index contributed by atoms with van der Waals surface area (Å²) >= 11 is 0. The fourth-order valence-corrected chi connectivity index (χ4v) is 4.60. The number of rotatable bonds is 4. The van der Waals surface area contributed by atoms with Crippen molar-refractivity contribution in [2.75, 3.05) is 18.0 Å². The maximum absolute atomic E-state index is 14.3. The van der Waals surface area contributed by atoms with E-state index in [4.69, 9.17) is 4.74 Å². The molecule has 0 bridgehead atoms. The lowest BCUT2D eigenvalue weighted by atomic mass is 10.0. The molecule has 0 saturated carbocycles. The van der Waals surface area contributed by atoms with Crippen LogP contribution in [-0.4, -0.2) is 27.0 Å². The Morgan fingerprint density at radius 2 is 2.04 bits per heavy atom. The van der Waals surface area contributed by atoms with E-state index in [-0.39, 0.29) is 18.0 Å². The Balaban J connectivity index is 2.18. The summed E-state index contributed by atoms with van der Waals surface area (Å²) in [5, 5.41) is 11.3. The number of fused-ring (bicyclic) bond motifs is 1. The van der Waals surface area contributed by atoms with Crippen molar-refractivity contribution < 1.29 is 22.5 Å². The van der Waals surface area contributed by atoms with Gasteiger partial charge in [-0.05, 0) is 36.6 Å². The van der Waals surface area contributed by atoms with Crippen LogP contribution < -0.4 is 9.04 Å². The Kier molecular flexibility index (Phi) is 4.34. The number of hydrogen-bond acceptors (Lipinski definition) is 5. The zero-order valence-corrected chi connectivity index (χ0v) is 14.1. The molecule has 0 amide bonds. The number of benzene rings is 2. The third-order valence-electron chi connectivity index (χ3n) is 4.06. The van der Waals surface area contributed by atoms with Crippen molar-refractivity contribution in [2.24, 2.45) is 0 Å². The lowest BCUT2D eigenvalue weighted by Crippen LogP contribution is -2.36. The number of halogens is 1. The molecule has 25 heavy (non-hydrogen) atoms. The third kappa shape index (κ3) is 2.91. The predicted molar refractivity (Wildman–Crippen MR) is 88.9 cm³/mol. The van der Waals surface area contributed by atoms with E-state index >= 15 is 0 Å². The summed E-state index contributed by atoms with van der Waals surface area (Å²) in [7, 11) is -2.98. The van der Waals surface area contributed by atoms with Crippen LogP contribution in [0.2, 0.25) is 0 Å². The molecule has 132 valence electrons. The zero-order chi connectivity index (χ0) is 18.2. The second-order valence-electron chi connectivity index (χ2n) is 5.52. The average molecular weight is 366 g/mol. The van der Waals surface area contributed by atoms with Crippen molar-refractivity contribution in [3.05, 3.63) is 57.9 Å². The summed E-state index contributed by atoms with van der Waals surface area (Å²) in [6.07, 6.45) is 1.05. The monoisotopic (exact) mass is 366 g/mol. The van der Waals surface area contributed by atoms with Gasteiger partial charge >= 0.3 is 0 Å². The fourth-order valence-electron chi connectivity index (χ4n) is 2.91. The van der Waals surface area contributed by atoms with E-state index < -0.39 is 31.3 Å². The fraction of sp³-hybridized carbons (Fsp3) is 0.250. The number of sulfonamides is 1. The second-order valence-corrected chi connectivity index (χ2v) is 7.35. The van der Waals surface area contributed by atoms with Gasteiger partial charge in [0, 0.05) is 6.54 Å². The molecule has 1 aliphatic rings. The van der Waals surface area contributed by atoms with Crippen LogP contribution in [0.15, 0.2) is 41.3 Å². The molecule has 1 aliphatic heterocycles. The number of anilines is 1. The van der Waals surface area contributed by atoms with Crippen LogP contribution in [0.5, 0.6) is 5.75 Å². The predicted octanol–water partition coefficient (Wildman–Crippen LogP) is 2.88. The second kappa shape index (κ2) is 6.32. The minimum atomic E-state index is -4.30. The molecule has 9 heteroatoms. The SMILES string of the molecule is COc1ccc(S(=O)(=O)N2CCCc3cccc(F)c32)c([N+](=O)[O-])c1. The first-order valence-corrected chi connectivity index (χ1v) is 8.93. The summed E-state index contributed by atoms with van der Waals surface area (Å²) in [5.41, 5.74) is -0.0901. The van der Waals surface area contributed by atoms with Crippen LogP contribution in [0.3, 0.4) is 0 Å². The van der Waals surface area contributed by atoms with Gasteiger partial charge in [0.25, 0.3) is 15.7 Å². The van der Waals surface area contributed by atoms with Crippen LogP contribution in [0.4, 0.5) is 15.8 Å². The highest BCUT2D eigenvalue weighted by Crippen LogP contribution is 2.37. The molecule has 2 aromatic rings. The molecule has 0 unspecified atom stereocenters. The highest BCUT2D eigenvalue weighted by Gasteiger charge is 2.36. The van der Waals surface area contributed by atoms with Crippen LogP contribution >= 0.6 is 0 Å². The largest absolute Gasteiger partial charge is 0.497 e. The average Bonchev–Trinajstić information content (AvgIpc) is 2.60. The van der Waals surface area contributed by atoms with Crippen molar-refractivity contribution in [2.45, 2.75) is 17.7 Å². The van der Waals surface area contributed by atoms with Crippen molar-refractivity contribution in [3.63, 3.8) is 0 Å². The Bertz CT molecular complexity index is 946. The number of nitro benzene ring substituents is 1. The topological polar surface area (TPSA) is 89.8 Å². The van der Waals surface area contributed by atoms with E-state index in [1.165, 1.54) is 25.3 Å². The molecule has 0 spiro atoms. The Morgan fingerprint density at radius 3 is 2.72 bits per heavy atom. The molecule has 7 nitrogen and oxygen atoms in total. The number of hydrogen-bond donors (Lipinski definition) is 0. The summed E-state index contributed by atoms with van der Waals surface area (Å²) in [6.45, 7) is 0.0550. The molecule has 0 radical (unpaired) electrons. The van der Waals surface area contributed by atoms with Crippen LogP contribution in [-0.2, 0) is 16.4 Å². The van der Waals surface area contributed by atoms with E-state index in [9.17, 15) is 22.9 Å². The quantitative estimate of drug-likeness (QED) is 0.613. The number of methoxy groups -OCH3 is 1. The first-order chi connectivity index (χ1) is 11.9. The molecule has 0 N–H and O–H groups in total.